The fourth-order valence-corrected chi connectivity index (χ4v) is 3.63. The number of para-hydroxylation sites is 2. The van der Waals surface area contributed by atoms with Gasteiger partial charge in [0.15, 0.2) is 5.17 Å². The molecule has 0 saturated carbocycles. The molecule has 1 aliphatic rings. The van der Waals surface area contributed by atoms with E-state index in [9.17, 15) is 9.59 Å². The molecule has 0 aliphatic carbocycles. The quantitative estimate of drug-likeness (QED) is 0.662. The summed E-state index contributed by atoms with van der Waals surface area (Å²) >= 11 is 1.26. The van der Waals surface area contributed by atoms with Crippen molar-refractivity contribution in [3.05, 3.63) is 71.3 Å². The highest BCUT2D eigenvalue weighted by molar-refractivity contribution is 8.18. The predicted molar refractivity (Wildman–Crippen MR) is 113 cm³/mol. The maximum absolute atomic E-state index is 12.3. The SMILES string of the molecule is CC(=O)Nc1ccccc1N=C1NC(=O)/C(=C\c2ccc3ncccc3c2)S1. The van der Waals surface area contributed by atoms with Crippen LogP contribution >= 0.6 is 11.8 Å². The molecule has 138 valence electrons. The van der Waals surface area contributed by atoms with Gasteiger partial charge >= 0.3 is 0 Å². The molecular weight excluding hydrogens is 372 g/mol. The van der Waals surface area contributed by atoms with Crippen molar-refractivity contribution in [3.8, 4) is 0 Å². The van der Waals surface area contributed by atoms with Gasteiger partial charge in [0.1, 0.15) is 0 Å². The van der Waals surface area contributed by atoms with Gasteiger partial charge in [0.05, 0.1) is 21.8 Å². The number of hydrogen-bond donors (Lipinski definition) is 2. The normalized spacial score (nSPS) is 16.5. The Kier molecular flexibility index (Phi) is 4.90. The molecule has 2 aromatic carbocycles. The molecule has 0 radical (unpaired) electrons. The molecule has 1 saturated heterocycles. The zero-order valence-corrected chi connectivity index (χ0v) is 15.8. The van der Waals surface area contributed by atoms with E-state index in [1.807, 2.05) is 48.5 Å². The summed E-state index contributed by atoms with van der Waals surface area (Å²) in [5.41, 5.74) is 3.00. The summed E-state index contributed by atoms with van der Waals surface area (Å²) in [7, 11) is 0. The summed E-state index contributed by atoms with van der Waals surface area (Å²) in [5, 5.41) is 6.99. The lowest BCUT2D eigenvalue weighted by Crippen LogP contribution is -2.19. The van der Waals surface area contributed by atoms with Gasteiger partial charge in [-0.1, -0.05) is 24.3 Å². The fourth-order valence-electron chi connectivity index (χ4n) is 2.79. The lowest BCUT2D eigenvalue weighted by molar-refractivity contribution is -0.115. The minimum absolute atomic E-state index is 0.179. The van der Waals surface area contributed by atoms with Crippen LogP contribution in [0.2, 0.25) is 0 Å². The van der Waals surface area contributed by atoms with Gasteiger partial charge in [-0.2, -0.15) is 0 Å². The van der Waals surface area contributed by atoms with Crippen molar-refractivity contribution in [1.82, 2.24) is 10.3 Å². The van der Waals surface area contributed by atoms with Gasteiger partial charge in [-0.25, -0.2) is 4.99 Å². The van der Waals surface area contributed by atoms with Gasteiger partial charge in [-0.15, -0.1) is 0 Å². The number of amidine groups is 1. The van der Waals surface area contributed by atoms with E-state index in [1.54, 1.807) is 18.3 Å². The second-order valence-electron chi connectivity index (χ2n) is 6.14. The van der Waals surface area contributed by atoms with E-state index in [0.29, 0.717) is 21.4 Å². The first-order chi connectivity index (χ1) is 13.6. The Hall–Kier alpha value is -3.45. The summed E-state index contributed by atoms with van der Waals surface area (Å²) < 4.78 is 0. The fraction of sp³-hybridized carbons (Fsp3) is 0.0476. The third-order valence-electron chi connectivity index (χ3n) is 4.01. The Morgan fingerprint density at radius 3 is 2.89 bits per heavy atom. The molecule has 0 unspecified atom stereocenters. The number of thioether (sulfide) groups is 1. The molecule has 4 rings (SSSR count). The van der Waals surface area contributed by atoms with Crippen molar-refractivity contribution >= 4 is 57.1 Å². The highest BCUT2D eigenvalue weighted by Gasteiger charge is 2.24. The van der Waals surface area contributed by atoms with E-state index in [-0.39, 0.29) is 11.8 Å². The van der Waals surface area contributed by atoms with Crippen LogP contribution in [0.1, 0.15) is 12.5 Å². The zero-order chi connectivity index (χ0) is 19.5. The van der Waals surface area contributed by atoms with Crippen LogP contribution in [0.25, 0.3) is 17.0 Å². The van der Waals surface area contributed by atoms with Crippen LogP contribution in [0.15, 0.2) is 70.7 Å². The van der Waals surface area contributed by atoms with Gasteiger partial charge in [0.2, 0.25) is 5.91 Å². The molecule has 2 N–H and O–H groups in total. The molecule has 2 amide bonds. The van der Waals surface area contributed by atoms with Crippen molar-refractivity contribution in [2.75, 3.05) is 5.32 Å². The summed E-state index contributed by atoms with van der Waals surface area (Å²) in [4.78, 5) is 33.0. The van der Waals surface area contributed by atoms with Crippen LogP contribution in [0.3, 0.4) is 0 Å². The Labute approximate surface area is 165 Å². The number of hydrogen-bond acceptors (Lipinski definition) is 5. The highest BCUT2D eigenvalue weighted by atomic mass is 32.2. The zero-order valence-electron chi connectivity index (χ0n) is 15.0. The maximum Gasteiger partial charge on any atom is 0.264 e. The number of rotatable bonds is 3. The molecule has 1 aromatic heterocycles. The number of anilines is 1. The number of pyridine rings is 1. The first kappa shape index (κ1) is 17.9. The summed E-state index contributed by atoms with van der Waals surface area (Å²) in [6.45, 7) is 1.44. The van der Waals surface area contributed by atoms with E-state index < -0.39 is 0 Å². The van der Waals surface area contributed by atoms with Crippen LogP contribution in [0.5, 0.6) is 0 Å². The molecule has 3 aromatic rings. The lowest BCUT2D eigenvalue weighted by atomic mass is 10.1. The molecule has 1 aliphatic heterocycles. The number of carbonyl (C=O) groups excluding carboxylic acids is 2. The van der Waals surface area contributed by atoms with Gasteiger partial charge in [-0.05, 0) is 53.7 Å². The third kappa shape index (κ3) is 3.94. The molecule has 2 heterocycles. The molecule has 6 nitrogen and oxygen atoms in total. The van der Waals surface area contributed by atoms with Gasteiger partial charge in [0.25, 0.3) is 5.91 Å². The first-order valence-corrected chi connectivity index (χ1v) is 9.41. The Morgan fingerprint density at radius 2 is 2.04 bits per heavy atom. The lowest BCUT2D eigenvalue weighted by Gasteiger charge is -2.05. The van der Waals surface area contributed by atoms with Crippen LogP contribution in [0.4, 0.5) is 11.4 Å². The second kappa shape index (κ2) is 7.66. The highest BCUT2D eigenvalue weighted by Crippen LogP contribution is 2.31. The molecular formula is C21H16N4O2S. The summed E-state index contributed by atoms with van der Waals surface area (Å²) in [5.74, 6) is -0.380. The molecule has 1 fully saturated rings. The van der Waals surface area contributed by atoms with Gasteiger partial charge in [-0.3, -0.25) is 14.6 Å². The van der Waals surface area contributed by atoms with E-state index in [0.717, 1.165) is 16.5 Å². The van der Waals surface area contributed by atoms with Crippen molar-refractivity contribution in [2.45, 2.75) is 6.92 Å². The average molecular weight is 388 g/mol. The number of benzene rings is 2. The van der Waals surface area contributed by atoms with Crippen molar-refractivity contribution in [1.29, 1.82) is 0 Å². The molecule has 7 heteroatoms. The van der Waals surface area contributed by atoms with Crippen LogP contribution in [-0.4, -0.2) is 22.0 Å². The first-order valence-electron chi connectivity index (χ1n) is 8.59. The van der Waals surface area contributed by atoms with Crippen molar-refractivity contribution in [2.24, 2.45) is 4.99 Å². The van der Waals surface area contributed by atoms with Crippen LogP contribution < -0.4 is 10.6 Å². The van der Waals surface area contributed by atoms with Crippen LogP contribution in [0, 0.1) is 0 Å². The van der Waals surface area contributed by atoms with E-state index in [4.69, 9.17) is 0 Å². The minimum atomic E-state index is -0.202. The van der Waals surface area contributed by atoms with Crippen LogP contribution in [-0.2, 0) is 9.59 Å². The van der Waals surface area contributed by atoms with E-state index >= 15 is 0 Å². The molecule has 28 heavy (non-hydrogen) atoms. The number of fused-ring (bicyclic) bond motifs is 1. The number of nitrogens with one attached hydrogen (secondary N) is 2. The minimum Gasteiger partial charge on any atom is -0.324 e. The number of carbonyl (C=O) groups is 2. The Morgan fingerprint density at radius 1 is 1.18 bits per heavy atom. The van der Waals surface area contributed by atoms with Crippen molar-refractivity contribution < 1.29 is 9.59 Å². The number of aliphatic imine (C=N–C) groups is 1. The number of amides is 2. The molecule has 0 bridgehead atoms. The van der Waals surface area contributed by atoms with E-state index in [2.05, 4.69) is 20.6 Å². The molecule has 0 atom stereocenters. The van der Waals surface area contributed by atoms with E-state index in [1.165, 1.54) is 18.7 Å². The largest absolute Gasteiger partial charge is 0.324 e. The average Bonchev–Trinajstić information content (AvgIpc) is 3.02. The Bertz CT molecular complexity index is 1150. The van der Waals surface area contributed by atoms with Crippen molar-refractivity contribution in [3.63, 3.8) is 0 Å². The second-order valence-corrected chi connectivity index (χ2v) is 7.17. The Balaban J connectivity index is 1.61. The summed E-state index contributed by atoms with van der Waals surface area (Å²) in [6, 6.07) is 16.9. The maximum atomic E-state index is 12.3. The number of nitrogens with zero attached hydrogens (tertiary/aromatic N) is 2. The standard InChI is InChI=1S/C21H16N4O2S/c1-13(26)23-17-6-2-3-7-18(17)24-21-25-20(27)19(28-21)12-14-8-9-16-15(11-14)5-4-10-22-16/h2-12H,1H3,(H,23,26)(H,24,25,27)/b19-12+. The van der Waals surface area contributed by atoms with Gasteiger partial charge < -0.3 is 10.6 Å². The monoisotopic (exact) mass is 388 g/mol. The van der Waals surface area contributed by atoms with Gasteiger partial charge in [0, 0.05) is 18.5 Å². The topological polar surface area (TPSA) is 83.5 Å². The smallest absolute Gasteiger partial charge is 0.264 e. The third-order valence-corrected chi connectivity index (χ3v) is 4.92. The predicted octanol–water partition coefficient (Wildman–Crippen LogP) is 4.08. The number of aromatic nitrogens is 1. The summed E-state index contributed by atoms with van der Waals surface area (Å²) in [6.07, 6.45) is 3.58. The molecule has 0 spiro atoms.